The zero-order chi connectivity index (χ0) is 27.4. The number of anilines is 1. The maximum atomic E-state index is 13.4. The van der Waals surface area contributed by atoms with E-state index in [1.165, 1.54) is 0 Å². The van der Waals surface area contributed by atoms with Crippen LogP contribution in [0.3, 0.4) is 0 Å². The number of hydrogen-bond acceptors (Lipinski definition) is 5. The Morgan fingerprint density at radius 2 is 1.69 bits per heavy atom. The number of aromatic nitrogens is 2. The fourth-order valence-corrected chi connectivity index (χ4v) is 4.44. The number of nitrogens with zero attached hydrogens (tertiary/aromatic N) is 3. The first-order valence-electron chi connectivity index (χ1n) is 13.0. The SMILES string of the molecule is COc1ccc(-n2cc(-c3ccccc3)nc2NC(=O)CN(CC2CC2)C(=O)c2ccc(C)cc2)cc1OC. The van der Waals surface area contributed by atoms with Crippen LogP contribution in [0.4, 0.5) is 5.95 Å². The minimum Gasteiger partial charge on any atom is -0.493 e. The Morgan fingerprint density at radius 3 is 2.36 bits per heavy atom. The van der Waals surface area contributed by atoms with E-state index >= 15 is 0 Å². The van der Waals surface area contributed by atoms with Crippen LogP contribution in [0.25, 0.3) is 16.9 Å². The molecule has 0 aliphatic heterocycles. The summed E-state index contributed by atoms with van der Waals surface area (Å²) in [5, 5.41) is 2.95. The van der Waals surface area contributed by atoms with Crippen molar-refractivity contribution in [2.45, 2.75) is 19.8 Å². The van der Waals surface area contributed by atoms with Gasteiger partial charge in [0.2, 0.25) is 11.9 Å². The van der Waals surface area contributed by atoms with E-state index in [2.05, 4.69) is 5.32 Å². The lowest BCUT2D eigenvalue weighted by molar-refractivity contribution is -0.117. The second-order valence-electron chi connectivity index (χ2n) is 9.77. The maximum Gasteiger partial charge on any atom is 0.254 e. The fourth-order valence-electron chi connectivity index (χ4n) is 4.44. The maximum absolute atomic E-state index is 13.4. The highest BCUT2D eigenvalue weighted by Crippen LogP contribution is 2.32. The Labute approximate surface area is 228 Å². The Kier molecular flexibility index (Phi) is 7.63. The Bertz CT molecular complexity index is 1460. The molecule has 2 amide bonds. The molecule has 1 N–H and O–H groups in total. The van der Waals surface area contributed by atoms with Gasteiger partial charge in [-0.15, -0.1) is 0 Å². The van der Waals surface area contributed by atoms with Gasteiger partial charge in [-0.05, 0) is 49.9 Å². The number of aryl methyl sites for hydroxylation is 1. The molecule has 4 aromatic rings. The topological polar surface area (TPSA) is 85.7 Å². The van der Waals surface area contributed by atoms with Gasteiger partial charge >= 0.3 is 0 Å². The Morgan fingerprint density at radius 1 is 0.974 bits per heavy atom. The molecule has 1 fully saturated rings. The van der Waals surface area contributed by atoms with E-state index in [-0.39, 0.29) is 18.4 Å². The number of rotatable bonds is 10. The highest BCUT2D eigenvalue weighted by Gasteiger charge is 2.29. The minimum absolute atomic E-state index is 0.0668. The Hall–Kier alpha value is -4.59. The predicted molar refractivity (Wildman–Crippen MR) is 151 cm³/mol. The predicted octanol–water partition coefficient (Wildman–Crippen LogP) is 5.36. The molecular weight excluding hydrogens is 492 g/mol. The molecule has 8 heteroatoms. The van der Waals surface area contributed by atoms with Gasteiger partial charge in [0, 0.05) is 29.9 Å². The lowest BCUT2D eigenvalue weighted by Crippen LogP contribution is -2.39. The molecule has 200 valence electrons. The van der Waals surface area contributed by atoms with E-state index in [1.807, 2.05) is 79.9 Å². The van der Waals surface area contributed by atoms with Crippen LogP contribution in [0.1, 0.15) is 28.8 Å². The number of imidazole rings is 1. The molecule has 5 rings (SSSR count). The average molecular weight is 525 g/mol. The number of ether oxygens (including phenoxy) is 2. The van der Waals surface area contributed by atoms with Crippen LogP contribution in [0, 0.1) is 12.8 Å². The van der Waals surface area contributed by atoms with Crippen LogP contribution >= 0.6 is 0 Å². The first-order chi connectivity index (χ1) is 18.9. The van der Waals surface area contributed by atoms with E-state index in [0.29, 0.717) is 41.2 Å². The number of hydrogen-bond donors (Lipinski definition) is 1. The van der Waals surface area contributed by atoms with Crippen molar-refractivity contribution < 1.29 is 19.1 Å². The number of amides is 2. The number of methoxy groups -OCH3 is 2. The third-order valence-corrected chi connectivity index (χ3v) is 6.77. The molecule has 1 aromatic heterocycles. The second kappa shape index (κ2) is 11.4. The third-order valence-electron chi connectivity index (χ3n) is 6.77. The van der Waals surface area contributed by atoms with Gasteiger partial charge in [-0.1, -0.05) is 48.0 Å². The summed E-state index contributed by atoms with van der Waals surface area (Å²) in [4.78, 5) is 33.1. The van der Waals surface area contributed by atoms with Crippen molar-refractivity contribution in [2.75, 3.05) is 32.6 Å². The molecule has 0 atom stereocenters. The van der Waals surface area contributed by atoms with Gasteiger partial charge in [0.05, 0.1) is 25.6 Å². The fraction of sp³-hybridized carbons (Fsp3) is 0.258. The lowest BCUT2D eigenvalue weighted by Gasteiger charge is -2.22. The Balaban J connectivity index is 1.43. The monoisotopic (exact) mass is 524 g/mol. The smallest absolute Gasteiger partial charge is 0.254 e. The molecular formula is C31H32N4O4. The van der Waals surface area contributed by atoms with Gasteiger partial charge < -0.3 is 14.4 Å². The van der Waals surface area contributed by atoms with Crippen LogP contribution < -0.4 is 14.8 Å². The van der Waals surface area contributed by atoms with Crippen LogP contribution in [-0.4, -0.2) is 53.6 Å². The van der Waals surface area contributed by atoms with Crippen LogP contribution in [0.15, 0.2) is 79.0 Å². The second-order valence-corrected chi connectivity index (χ2v) is 9.77. The van der Waals surface area contributed by atoms with E-state index in [0.717, 1.165) is 29.7 Å². The van der Waals surface area contributed by atoms with E-state index in [9.17, 15) is 9.59 Å². The summed E-state index contributed by atoms with van der Waals surface area (Å²) in [6.07, 6.45) is 4.01. The van der Waals surface area contributed by atoms with Crippen molar-refractivity contribution in [3.63, 3.8) is 0 Å². The molecule has 0 saturated heterocycles. The molecule has 1 saturated carbocycles. The zero-order valence-electron chi connectivity index (χ0n) is 22.4. The van der Waals surface area contributed by atoms with Crippen molar-refractivity contribution in [3.05, 3.63) is 90.1 Å². The molecule has 8 nitrogen and oxygen atoms in total. The largest absolute Gasteiger partial charge is 0.493 e. The molecule has 1 heterocycles. The number of benzene rings is 3. The number of carbonyl (C=O) groups excluding carboxylic acids is 2. The molecule has 0 radical (unpaired) electrons. The summed E-state index contributed by atoms with van der Waals surface area (Å²) >= 11 is 0. The van der Waals surface area contributed by atoms with Crippen LogP contribution in [0.2, 0.25) is 0 Å². The van der Waals surface area contributed by atoms with Crippen LogP contribution in [0.5, 0.6) is 11.5 Å². The van der Waals surface area contributed by atoms with Crippen molar-refractivity contribution in [1.29, 1.82) is 0 Å². The third kappa shape index (κ3) is 6.12. The number of carbonyl (C=O) groups is 2. The average Bonchev–Trinajstić information content (AvgIpc) is 3.69. The summed E-state index contributed by atoms with van der Waals surface area (Å²) < 4.78 is 12.7. The minimum atomic E-state index is -0.317. The molecule has 0 unspecified atom stereocenters. The first kappa shape index (κ1) is 26.0. The van der Waals surface area contributed by atoms with Crippen molar-refractivity contribution >= 4 is 17.8 Å². The van der Waals surface area contributed by atoms with Crippen molar-refractivity contribution in [1.82, 2.24) is 14.5 Å². The highest BCUT2D eigenvalue weighted by molar-refractivity contribution is 5.99. The van der Waals surface area contributed by atoms with Gasteiger partial charge in [-0.25, -0.2) is 4.98 Å². The molecule has 0 bridgehead atoms. The molecule has 3 aromatic carbocycles. The summed E-state index contributed by atoms with van der Waals surface area (Å²) in [5.41, 5.74) is 4.01. The van der Waals surface area contributed by atoms with Gasteiger partial charge in [0.15, 0.2) is 11.5 Å². The van der Waals surface area contributed by atoms with Crippen molar-refractivity contribution in [3.8, 4) is 28.4 Å². The lowest BCUT2D eigenvalue weighted by atomic mass is 10.1. The molecule has 1 aliphatic carbocycles. The highest BCUT2D eigenvalue weighted by atomic mass is 16.5. The van der Waals surface area contributed by atoms with Crippen molar-refractivity contribution in [2.24, 2.45) is 5.92 Å². The summed E-state index contributed by atoms with van der Waals surface area (Å²) in [5.74, 6) is 1.47. The number of nitrogens with one attached hydrogen (secondary N) is 1. The van der Waals surface area contributed by atoms with E-state index in [4.69, 9.17) is 14.5 Å². The standard InChI is InChI=1S/C31H32N4O4/c1-21-9-13-24(14-10-21)30(37)34(18-22-11-12-22)20-29(36)33-31-32-26(23-7-5-4-6-8-23)19-35(31)25-15-16-27(38-2)28(17-25)39-3/h4-10,13-17,19,22H,11-12,18,20H2,1-3H3,(H,32,33,36). The molecule has 0 spiro atoms. The molecule has 39 heavy (non-hydrogen) atoms. The summed E-state index contributed by atoms with van der Waals surface area (Å²) in [6, 6.07) is 22.7. The quantitative estimate of drug-likeness (QED) is 0.302. The van der Waals surface area contributed by atoms with Gasteiger partial charge in [-0.2, -0.15) is 0 Å². The van der Waals surface area contributed by atoms with Gasteiger partial charge in [0.25, 0.3) is 5.91 Å². The summed E-state index contributed by atoms with van der Waals surface area (Å²) in [6.45, 7) is 2.47. The van der Waals surface area contributed by atoms with Gasteiger partial charge in [0.1, 0.15) is 6.54 Å². The van der Waals surface area contributed by atoms with E-state index < -0.39 is 0 Å². The van der Waals surface area contributed by atoms with E-state index in [1.54, 1.807) is 29.8 Å². The first-order valence-corrected chi connectivity index (χ1v) is 13.0. The summed E-state index contributed by atoms with van der Waals surface area (Å²) in [7, 11) is 3.16. The zero-order valence-corrected chi connectivity index (χ0v) is 22.4. The van der Waals surface area contributed by atoms with Gasteiger partial charge in [-0.3, -0.25) is 19.5 Å². The molecule has 1 aliphatic rings. The van der Waals surface area contributed by atoms with Crippen LogP contribution in [-0.2, 0) is 4.79 Å². The normalized spacial score (nSPS) is 12.6.